The highest BCUT2D eigenvalue weighted by Crippen LogP contribution is 2.37. The molecular weight excluding hydrogens is 516 g/mol. The third-order valence-electron chi connectivity index (χ3n) is 7.95. The molecule has 0 saturated heterocycles. The number of hydrogen-bond donors (Lipinski definition) is 3. The van der Waals surface area contributed by atoms with Gasteiger partial charge >= 0.3 is 0 Å². The first-order chi connectivity index (χ1) is 19.6. The molecule has 0 amide bonds. The molecule has 0 atom stereocenters. The van der Waals surface area contributed by atoms with E-state index < -0.39 is 0 Å². The Morgan fingerprint density at radius 2 is 1.82 bits per heavy atom. The molecule has 0 unspecified atom stereocenters. The SMILES string of the molecule is CC(=O)c1ccc(-c2cncc3[nH]c(-c4n[nH]c5ccc(-c6cncc(CNCC7CCCC7)c6)cc45)cc23)s1. The smallest absolute Gasteiger partial charge is 0.169 e. The number of benzene rings is 1. The first-order valence-electron chi connectivity index (χ1n) is 13.8. The highest BCUT2D eigenvalue weighted by Gasteiger charge is 2.17. The minimum Gasteiger partial charge on any atom is -0.352 e. The zero-order valence-electron chi connectivity index (χ0n) is 22.3. The molecule has 0 spiro atoms. The van der Waals surface area contributed by atoms with E-state index >= 15 is 0 Å². The predicted octanol–water partition coefficient (Wildman–Crippen LogP) is 7.38. The molecule has 5 aromatic heterocycles. The Kier molecular flexibility index (Phi) is 6.49. The third kappa shape index (κ3) is 4.74. The van der Waals surface area contributed by atoms with Crippen molar-refractivity contribution < 1.29 is 4.79 Å². The molecule has 7 nitrogen and oxygen atoms in total. The number of H-pyrrole nitrogens is 2. The number of rotatable bonds is 8. The lowest BCUT2D eigenvalue weighted by Crippen LogP contribution is -2.20. The first kappa shape index (κ1) is 24.9. The van der Waals surface area contributed by atoms with Crippen LogP contribution in [0.15, 0.2) is 67.3 Å². The van der Waals surface area contributed by atoms with Gasteiger partial charge < -0.3 is 10.3 Å². The Balaban J connectivity index is 1.20. The lowest BCUT2D eigenvalue weighted by molar-refractivity contribution is 0.102. The second kappa shape index (κ2) is 10.4. The lowest BCUT2D eigenvalue weighted by atomic mass is 10.0. The third-order valence-corrected chi connectivity index (χ3v) is 9.17. The minimum atomic E-state index is 0.0750. The summed E-state index contributed by atoms with van der Waals surface area (Å²) in [6.07, 6.45) is 13.0. The van der Waals surface area contributed by atoms with E-state index in [4.69, 9.17) is 0 Å². The Morgan fingerprint density at radius 1 is 0.950 bits per heavy atom. The topological polar surface area (TPSA) is 99.4 Å². The Morgan fingerprint density at radius 3 is 2.67 bits per heavy atom. The molecule has 0 radical (unpaired) electrons. The van der Waals surface area contributed by atoms with Gasteiger partial charge in [0.1, 0.15) is 5.69 Å². The van der Waals surface area contributed by atoms with Crippen LogP contribution < -0.4 is 5.32 Å². The average molecular weight is 547 g/mol. The summed E-state index contributed by atoms with van der Waals surface area (Å²) in [6, 6.07) is 14.6. The standard InChI is InChI=1S/C32H30N6OS/c1-19(39)30-8-9-31(40-30)26-17-35-18-29-24(26)12-28(36-29)32-25-11-22(6-7-27(25)37-38-32)23-10-21(15-34-16-23)14-33-13-20-4-2-3-5-20/h6-12,15-18,20,33,36H,2-5,13-14H2,1H3,(H,37,38). The maximum Gasteiger partial charge on any atom is 0.169 e. The second-order valence-electron chi connectivity index (χ2n) is 10.7. The summed E-state index contributed by atoms with van der Waals surface area (Å²) in [4.78, 5) is 26.1. The fourth-order valence-electron chi connectivity index (χ4n) is 5.82. The number of pyridine rings is 2. The quantitative estimate of drug-likeness (QED) is 0.173. The van der Waals surface area contributed by atoms with Crippen molar-refractivity contribution in [2.75, 3.05) is 6.54 Å². The summed E-state index contributed by atoms with van der Waals surface area (Å²) in [5.74, 6) is 0.892. The number of ketones is 1. The number of carbonyl (C=O) groups excluding carboxylic acids is 1. The van der Waals surface area contributed by atoms with E-state index in [0.29, 0.717) is 0 Å². The second-order valence-corrected chi connectivity index (χ2v) is 11.8. The van der Waals surface area contributed by atoms with Gasteiger partial charge in [0.25, 0.3) is 0 Å². The maximum absolute atomic E-state index is 11.9. The molecule has 0 aliphatic heterocycles. The highest BCUT2D eigenvalue weighted by molar-refractivity contribution is 7.17. The number of nitrogens with one attached hydrogen (secondary N) is 3. The van der Waals surface area contributed by atoms with E-state index in [2.05, 4.69) is 60.8 Å². The van der Waals surface area contributed by atoms with Crippen LogP contribution in [0.1, 0.15) is 47.8 Å². The number of aromatic nitrogens is 5. The van der Waals surface area contributed by atoms with Gasteiger partial charge in [0.15, 0.2) is 5.78 Å². The zero-order chi connectivity index (χ0) is 27.1. The van der Waals surface area contributed by atoms with Crippen molar-refractivity contribution in [1.82, 2.24) is 30.5 Å². The molecule has 200 valence electrons. The number of carbonyl (C=O) groups is 1. The van der Waals surface area contributed by atoms with Gasteiger partial charge in [-0.2, -0.15) is 5.10 Å². The minimum absolute atomic E-state index is 0.0750. The highest BCUT2D eigenvalue weighted by atomic mass is 32.1. The summed E-state index contributed by atoms with van der Waals surface area (Å²) in [5, 5.41) is 13.6. The van der Waals surface area contributed by atoms with Crippen LogP contribution in [-0.2, 0) is 6.54 Å². The van der Waals surface area contributed by atoms with Crippen molar-refractivity contribution >= 4 is 38.9 Å². The molecule has 5 heterocycles. The molecule has 6 aromatic rings. The van der Waals surface area contributed by atoms with Crippen molar-refractivity contribution in [1.29, 1.82) is 0 Å². The first-order valence-corrected chi connectivity index (χ1v) is 14.7. The van der Waals surface area contributed by atoms with Crippen LogP contribution in [-0.4, -0.2) is 37.5 Å². The molecular formula is C32H30N6OS. The van der Waals surface area contributed by atoms with E-state index in [0.717, 1.165) is 78.6 Å². The van der Waals surface area contributed by atoms with Crippen molar-refractivity contribution in [3.8, 4) is 33.0 Å². The van der Waals surface area contributed by atoms with Crippen LogP contribution in [0.3, 0.4) is 0 Å². The van der Waals surface area contributed by atoms with Gasteiger partial charge in [-0.05, 0) is 79.8 Å². The Hall–Kier alpha value is -4.14. The fourth-order valence-corrected chi connectivity index (χ4v) is 6.75. The molecule has 1 aromatic carbocycles. The van der Waals surface area contributed by atoms with E-state index in [1.807, 2.05) is 36.9 Å². The number of aromatic amines is 2. The number of Topliss-reactive ketones (excluding diaryl/α,β-unsaturated/α-hetero) is 1. The van der Waals surface area contributed by atoms with Crippen molar-refractivity contribution in [2.45, 2.75) is 39.2 Å². The van der Waals surface area contributed by atoms with Gasteiger partial charge in [0, 0.05) is 51.9 Å². The number of nitrogens with zero attached hydrogens (tertiary/aromatic N) is 3. The summed E-state index contributed by atoms with van der Waals surface area (Å²) in [6.45, 7) is 3.51. The Bertz CT molecular complexity index is 1840. The number of thiophene rings is 1. The Labute approximate surface area is 236 Å². The van der Waals surface area contributed by atoms with Gasteiger partial charge in [-0.1, -0.05) is 18.9 Å². The molecule has 7 rings (SSSR count). The summed E-state index contributed by atoms with van der Waals surface area (Å²) in [5.41, 5.74) is 8.08. The molecule has 3 N–H and O–H groups in total. The van der Waals surface area contributed by atoms with Crippen molar-refractivity contribution in [3.05, 3.63) is 77.7 Å². The van der Waals surface area contributed by atoms with E-state index in [-0.39, 0.29) is 5.78 Å². The van der Waals surface area contributed by atoms with Crippen LogP contribution in [0, 0.1) is 5.92 Å². The van der Waals surface area contributed by atoms with E-state index in [1.54, 1.807) is 6.92 Å². The van der Waals surface area contributed by atoms with E-state index in [9.17, 15) is 4.79 Å². The normalized spacial score (nSPS) is 14.0. The molecule has 1 aliphatic carbocycles. The molecule has 0 bridgehead atoms. The molecule has 1 fully saturated rings. The average Bonchev–Trinajstić information content (AvgIpc) is 3.78. The largest absolute Gasteiger partial charge is 0.352 e. The van der Waals surface area contributed by atoms with Crippen LogP contribution in [0.4, 0.5) is 0 Å². The predicted molar refractivity (Wildman–Crippen MR) is 161 cm³/mol. The number of fused-ring (bicyclic) bond motifs is 2. The lowest BCUT2D eigenvalue weighted by Gasteiger charge is -2.11. The van der Waals surface area contributed by atoms with Crippen LogP contribution >= 0.6 is 11.3 Å². The van der Waals surface area contributed by atoms with Gasteiger partial charge in [-0.3, -0.25) is 19.9 Å². The van der Waals surface area contributed by atoms with Crippen LogP contribution in [0.5, 0.6) is 0 Å². The van der Waals surface area contributed by atoms with Gasteiger partial charge in [-0.25, -0.2) is 0 Å². The van der Waals surface area contributed by atoms with Gasteiger partial charge in [0.2, 0.25) is 0 Å². The molecule has 1 aliphatic rings. The molecule has 8 heteroatoms. The summed E-state index contributed by atoms with van der Waals surface area (Å²) >= 11 is 1.49. The van der Waals surface area contributed by atoms with Crippen LogP contribution in [0.2, 0.25) is 0 Å². The number of hydrogen-bond acceptors (Lipinski definition) is 6. The van der Waals surface area contributed by atoms with Crippen molar-refractivity contribution in [3.63, 3.8) is 0 Å². The van der Waals surface area contributed by atoms with Crippen molar-refractivity contribution in [2.24, 2.45) is 5.92 Å². The van der Waals surface area contributed by atoms with Gasteiger partial charge in [0.05, 0.1) is 27.8 Å². The monoisotopic (exact) mass is 546 g/mol. The van der Waals surface area contributed by atoms with E-state index in [1.165, 1.54) is 42.6 Å². The summed E-state index contributed by atoms with van der Waals surface area (Å²) < 4.78 is 0. The zero-order valence-corrected chi connectivity index (χ0v) is 23.1. The summed E-state index contributed by atoms with van der Waals surface area (Å²) in [7, 11) is 0. The van der Waals surface area contributed by atoms with Crippen LogP contribution in [0.25, 0.3) is 54.8 Å². The maximum atomic E-state index is 11.9. The molecule has 1 saturated carbocycles. The fraction of sp³-hybridized carbons (Fsp3) is 0.250. The molecule has 40 heavy (non-hydrogen) atoms. The van der Waals surface area contributed by atoms with Gasteiger partial charge in [-0.15, -0.1) is 11.3 Å².